The van der Waals surface area contributed by atoms with Gasteiger partial charge < -0.3 is 25.4 Å². The van der Waals surface area contributed by atoms with E-state index in [0.29, 0.717) is 43.1 Å². The number of hydrogen-bond donors (Lipinski definition) is 4. The molecule has 10 heteroatoms. The Bertz CT molecular complexity index is 1360. The predicted octanol–water partition coefficient (Wildman–Crippen LogP) is 3.44. The second-order valence-corrected chi connectivity index (χ2v) is 13.6. The molecule has 238 valence electrons. The van der Waals surface area contributed by atoms with Crippen molar-refractivity contribution in [3.63, 3.8) is 0 Å². The number of Topliss-reactive ketones (excluding diaryl/α,β-unsaturated/α-hetero) is 1. The molecule has 44 heavy (non-hydrogen) atoms. The van der Waals surface area contributed by atoms with Gasteiger partial charge in [-0.1, -0.05) is 49.8 Å². The molecule has 3 fully saturated rings. The smallest absolute Gasteiger partial charge is 0.329 e. The number of aliphatic hydroxyl groups is 2. The summed E-state index contributed by atoms with van der Waals surface area (Å²) in [6, 6.07) is 6.44. The first-order valence-corrected chi connectivity index (χ1v) is 15.7. The van der Waals surface area contributed by atoms with E-state index in [2.05, 4.69) is 12.2 Å². The van der Waals surface area contributed by atoms with Crippen LogP contribution in [0.1, 0.15) is 89.7 Å². The average Bonchev–Trinajstić information content (AvgIpc) is 3.29. The number of carboxylic acid groups (broad SMARTS) is 1. The van der Waals surface area contributed by atoms with Gasteiger partial charge in [-0.05, 0) is 79.8 Å². The molecule has 0 aromatic heterocycles. The fourth-order valence-corrected chi connectivity index (χ4v) is 8.95. The number of carboxylic acids is 1. The molecule has 0 saturated heterocycles. The molecule has 0 spiro atoms. The second kappa shape index (κ2) is 12.2. The number of carbonyl (C=O) groups excluding carboxylic acids is 4. The third-order valence-electron chi connectivity index (χ3n) is 11.5. The number of aliphatic hydroxyl groups excluding tert-OH is 1. The molecule has 1 aromatic carbocycles. The van der Waals surface area contributed by atoms with Gasteiger partial charge in [-0.15, -0.1) is 0 Å². The summed E-state index contributed by atoms with van der Waals surface area (Å²) >= 11 is 0. The predicted molar refractivity (Wildman–Crippen MR) is 158 cm³/mol. The molecule has 5 rings (SSSR count). The zero-order valence-electron chi connectivity index (χ0n) is 25.4. The van der Waals surface area contributed by atoms with Gasteiger partial charge in [0.2, 0.25) is 11.7 Å². The zero-order chi connectivity index (χ0) is 31.9. The van der Waals surface area contributed by atoms with Crippen LogP contribution in [0.3, 0.4) is 0 Å². The number of fused-ring (bicyclic) bond motifs is 5. The number of carbonyl (C=O) groups is 5. The van der Waals surface area contributed by atoms with E-state index in [1.807, 2.05) is 13.0 Å². The van der Waals surface area contributed by atoms with Crippen LogP contribution in [0.4, 0.5) is 0 Å². The van der Waals surface area contributed by atoms with Crippen LogP contribution < -0.4 is 5.32 Å². The molecule has 4 aliphatic rings. The summed E-state index contributed by atoms with van der Waals surface area (Å²) in [7, 11) is 0. The van der Waals surface area contributed by atoms with Crippen LogP contribution in [-0.4, -0.2) is 63.0 Å². The Morgan fingerprint density at radius 2 is 1.68 bits per heavy atom. The van der Waals surface area contributed by atoms with E-state index in [0.717, 1.165) is 25.7 Å². The van der Waals surface area contributed by atoms with E-state index in [1.54, 1.807) is 18.2 Å². The van der Waals surface area contributed by atoms with Crippen molar-refractivity contribution in [3.8, 4) is 0 Å². The maximum Gasteiger partial charge on any atom is 0.329 e. The molecular weight excluding hydrogens is 566 g/mol. The first-order chi connectivity index (χ1) is 20.8. The van der Waals surface area contributed by atoms with E-state index < -0.39 is 66.2 Å². The molecule has 0 radical (unpaired) electrons. The Morgan fingerprint density at radius 3 is 2.39 bits per heavy atom. The summed E-state index contributed by atoms with van der Waals surface area (Å²) in [4.78, 5) is 62.1. The zero-order valence-corrected chi connectivity index (χ0v) is 25.4. The third-order valence-corrected chi connectivity index (χ3v) is 11.5. The number of allylic oxidation sites excluding steroid dienone is 1. The van der Waals surface area contributed by atoms with Crippen molar-refractivity contribution in [1.82, 2.24) is 5.32 Å². The Hall–Kier alpha value is -3.37. The number of benzene rings is 1. The Balaban J connectivity index is 1.14. The molecule has 1 amide bonds. The van der Waals surface area contributed by atoms with Crippen LogP contribution in [0, 0.1) is 28.6 Å². The number of hydrogen-bond acceptors (Lipinski definition) is 8. The number of ether oxygens (including phenoxy) is 1. The maximum atomic E-state index is 13.4. The fraction of sp³-hybridized carbons (Fsp3) is 0.618. The lowest BCUT2D eigenvalue weighted by atomic mass is 9.46. The van der Waals surface area contributed by atoms with Crippen LogP contribution in [0.5, 0.6) is 0 Å². The first-order valence-electron chi connectivity index (χ1n) is 15.7. The highest BCUT2D eigenvalue weighted by molar-refractivity contribution is 5.92. The van der Waals surface area contributed by atoms with E-state index in [9.17, 15) is 39.3 Å². The van der Waals surface area contributed by atoms with Crippen molar-refractivity contribution < 1.29 is 44.0 Å². The Morgan fingerprint density at radius 1 is 0.977 bits per heavy atom. The Kier molecular flexibility index (Phi) is 8.88. The summed E-state index contributed by atoms with van der Waals surface area (Å²) < 4.78 is 5.20. The highest BCUT2D eigenvalue weighted by Crippen LogP contribution is 2.67. The molecule has 0 heterocycles. The molecular formula is C34H43NO9. The normalized spacial score (nSPS) is 34.0. The average molecular weight is 610 g/mol. The van der Waals surface area contributed by atoms with Gasteiger partial charge in [0, 0.05) is 18.3 Å². The summed E-state index contributed by atoms with van der Waals surface area (Å²) in [6.45, 7) is 3.67. The fourth-order valence-electron chi connectivity index (χ4n) is 8.95. The third kappa shape index (κ3) is 5.62. The minimum absolute atomic E-state index is 0.0190. The van der Waals surface area contributed by atoms with Crippen molar-refractivity contribution in [2.75, 3.05) is 6.61 Å². The SMILES string of the molecule is C[C@]12CCC(=O)C=C1CCC1C2CC[C@@]2(C)C1CC[C@]2(O)C(=O)COC(=O)CCC(=O)NC(C(=O)O)C(O)c1ccccc1. The number of esters is 1. The van der Waals surface area contributed by atoms with Crippen molar-refractivity contribution in [3.05, 3.63) is 47.5 Å². The number of ketones is 2. The van der Waals surface area contributed by atoms with Crippen molar-refractivity contribution in [2.45, 2.75) is 95.8 Å². The van der Waals surface area contributed by atoms with Gasteiger partial charge >= 0.3 is 11.9 Å². The molecule has 5 unspecified atom stereocenters. The standard InChI is InChI=1S/C34H43NO9/c1-32-15-12-22(36)18-21(32)8-9-23-24(32)13-16-33(2)25(23)14-17-34(33,43)26(37)19-44-28(39)11-10-27(38)35-29(31(41)42)30(40)20-6-4-3-5-7-20/h3-7,18,23-25,29-30,40,43H,8-17,19H2,1-2H3,(H,35,38)(H,41,42)/t23?,24?,25?,29?,30?,32-,33-,34-/m0/s1. The van der Waals surface area contributed by atoms with Crippen LogP contribution in [-0.2, 0) is 28.7 Å². The monoisotopic (exact) mass is 609 g/mol. The Labute approximate surface area is 257 Å². The lowest BCUT2D eigenvalue weighted by molar-refractivity contribution is -0.170. The van der Waals surface area contributed by atoms with Crippen molar-refractivity contribution in [2.24, 2.45) is 28.6 Å². The van der Waals surface area contributed by atoms with Gasteiger partial charge in [0.15, 0.2) is 18.4 Å². The topological polar surface area (TPSA) is 167 Å². The number of rotatable bonds is 10. The molecule has 0 bridgehead atoms. The van der Waals surface area contributed by atoms with E-state index >= 15 is 0 Å². The lowest BCUT2D eigenvalue weighted by Crippen LogP contribution is -2.58. The van der Waals surface area contributed by atoms with Gasteiger partial charge in [-0.2, -0.15) is 0 Å². The first kappa shape index (κ1) is 32.0. The molecule has 4 N–H and O–H groups in total. The van der Waals surface area contributed by atoms with Gasteiger partial charge in [-0.25, -0.2) is 4.79 Å². The highest BCUT2D eigenvalue weighted by atomic mass is 16.5. The van der Waals surface area contributed by atoms with Crippen molar-refractivity contribution in [1.29, 1.82) is 0 Å². The quantitative estimate of drug-likeness (QED) is 0.291. The number of nitrogens with one attached hydrogen (secondary N) is 1. The summed E-state index contributed by atoms with van der Waals surface area (Å²) in [6.07, 6.45) is 5.34. The number of aliphatic carboxylic acids is 1. The van der Waals surface area contributed by atoms with Gasteiger partial charge in [0.1, 0.15) is 11.7 Å². The van der Waals surface area contributed by atoms with Crippen LogP contribution in [0.15, 0.2) is 42.0 Å². The molecule has 0 aliphatic heterocycles. The molecule has 8 atom stereocenters. The minimum Gasteiger partial charge on any atom is -0.480 e. The van der Waals surface area contributed by atoms with E-state index in [1.165, 1.54) is 17.7 Å². The van der Waals surface area contributed by atoms with Gasteiger partial charge in [0.25, 0.3) is 0 Å². The lowest BCUT2D eigenvalue weighted by Gasteiger charge is -2.58. The van der Waals surface area contributed by atoms with Crippen LogP contribution in [0.25, 0.3) is 0 Å². The van der Waals surface area contributed by atoms with Crippen LogP contribution >= 0.6 is 0 Å². The maximum absolute atomic E-state index is 13.4. The molecule has 3 saturated carbocycles. The number of amides is 1. The summed E-state index contributed by atoms with van der Waals surface area (Å²) in [5, 5.41) is 34.0. The molecule has 4 aliphatic carbocycles. The summed E-state index contributed by atoms with van der Waals surface area (Å²) in [5.41, 5.74) is -0.714. The minimum atomic E-state index is -1.62. The second-order valence-electron chi connectivity index (χ2n) is 13.6. The molecule has 1 aromatic rings. The van der Waals surface area contributed by atoms with Gasteiger partial charge in [-0.3, -0.25) is 19.2 Å². The van der Waals surface area contributed by atoms with Gasteiger partial charge in [0.05, 0.1) is 6.42 Å². The largest absolute Gasteiger partial charge is 0.480 e. The van der Waals surface area contributed by atoms with Crippen LogP contribution in [0.2, 0.25) is 0 Å². The highest BCUT2D eigenvalue weighted by Gasteiger charge is 2.66. The van der Waals surface area contributed by atoms with E-state index in [-0.39, 0.29) is 17.1 Å². The summed E-state index contributed by atoms with van der Waals surface area (Å²) in [5.74, 6) is -2.44. The molecule has 10 nitrogen and oxygen atoms in total. The van der Waals surface area contributed by atoms with E-state index in [4.69, 9.17) is 4.74 Å². The van der Waals surface area contributed by atoms with Crippen molar-refractivity contribution >= 4 is 29.4 Å².